The van der Waals surface area contributed by atoms with Gasteiger partial charge in [-0.25, -0.2) is 13.1 Å². The zero-order chi connectivity index (χ0) is 15.9. The van der Waals surface area contributed by atoms with E-state index in [1.54, 1.807) is 18.2 Å². The lowest BCUT2D eigenvalue weighted by Crippen LogP contribution is -2.33. The molecule has 0 spiro atoms. The van der Waals surface area contributed by atoms with Gasteiger partial charge in [-0.15, -0.1) is 0 Å². The number of sulfonamides is 1. The molecular formula is C14H18N2O4S. The Hall–Kier alpha value is -1.91. The minimum atomic E-state index is -3.63. The first-order valence-corrected chi connectivity index (χ1v) is 8.22. The Kier molecular flexibility index (Phi) is 6.34. The monoisotopic (exact) mass is 310 g/mol. The van der Waals surface area contributed by atoms with Crippen molar-refractivity contribution in [2.45, 2.75) is 25.5 Å². The first kappa shape index (κ1) is 17.1. The van der Waals surface area contributed by atoms with Gasteiger partial charge < -0.3 is 5.11 Å². The van der Waals surface area contributed by atoms with Crippen LogP contribution in [0.25, 0.3) is 0 Å². The third kappa shape index (κ3) is 5.94. The summed E-state index contributed by atoms with van der Waals surface area (Å²) in [7, 11) is -3.63. The second kappa shape index (κ2) is 7.76. The van der Waals surface area contributed by atoms with Crippen LogP contribution in [0.4, 0.5) is 0 Å². The van der Waals surface area contributed by atoms with Crippen molar-refractivity contribution in [3.8, 4) is 6.07 Å². The van der Waals surface area contributed by atoms with Crippen LogP contribution >= 0.6 is 0 Å². The molecule has 0 bridgehead atoms. The normalized spacial score (nSPS) is 12.6. The molecule has 0 aliphatic heterocycles. The quantitative estimate of drug-likeness (QED) is 0.756. The largest absolute Gasteiger partial charge is 0.481 e. The van der Waals surface area contributed by atoms with Gasteiger partial charge in [0, 0.05) is 6.54 Å². The van der Waals surface area contributed by atoms with Crippen molar-refractivity contribution < 1.29 is 18.3 Å². The van der Waals surface area contributed by atoms with Gasteiger partial charge in [-0.05, 0) is 24.1 Å². The number of carboxylic acids is 1. The summed E-state index contributed by atoms with van der Waals surface area (Å²) in [5, 5.41) is 17.8. The fraction of sp³-hybridized carbons (Fsp3) is 0.429. The zero-order valence-corrected chi connectivity index (χ0v) is 12.6. The van der Waals surface area contributed by atoms with Crippen molar-refractivity contribution in [2.24, 2.45) is 5.92 Å². The molecule has 114 valence electrons. The highest BCUT2D eigenvalue weighted by atomic mass is 32.2. The maximum absolute atomic E-state index is 11.9. The highest BCUT2D eigenvalue weighted by Crippen LogP contribution is 2.10. The molecule has 0 heterocycles. The molecule has 1 aromatic rings. The molecule has 0 amide bonds. The van der Waals surface area contributed by atoms with Gasteiger partial charge in [0.05, 0.1) is 23.3 Å². The topological polar surface area (TPSA) is 107 Å². The Morgan fingerprint density at radius 1 is 1.48 bits per heavy atom. The van der Waals surface area contributed by atoms with Gasteiger partial charge in [0.1, 0.15) is 0 Å². The molecule has 1 aromatic carbocycles. The number of hydrogen-bond acceptors (Lipinski definition) is 4. The molecule has 0 aromatic heterocycles. The number of nitriles is 1. The van der Waals surface area contributed by atoms with E-state index in [0.29, 0.717) is 24.0 Å². The first-order valence-electron chi connectivity index (χ1n) is 6.57. The molecule has 1 unspecified atom stereocenters. The summed E-state index contributed by atoms with van der Waals surface area (Å²) in [5.74, 6) is -2.01. The van der Waals surface area contributed by atoms with E-state index >= 15 is 0 Å². The van der Waals surface area contributed by atoms with Crippen LogP contribution in [-0.2, 0) is 20.6 Å². The molecule has 0 fully saturated rings. The number of benzene rings is 1. The van der Waals surface area contributed by atoms with Crippen molar-refractivity contribution in [3.63, 3.8) is 0 Å². The maximum Gasteiger partial charge on any atom is 0.307 e. The summed E-state index contributed by atoms with van der Waals surface area (Å²) in [4.78, 5) is 11.0. The average Bonchev–Trinajstić information content (AvgIpc) is 2.42. The van der Waals surface area contributed by atoms with Gasteiger partial charge in [-0.2, -0.15) is 5.26 Å². The predicted octanol–water partition coefficient (Wildman–Crippen LogP) is 1.48. The molecule has 0 radical (unpaired) electrons. The zero-order valence-electron chi connectivity index (χ0n) is 11.7. The number of nitrogens with zero attached hydrogens (tertiary/aromatic N) is 1. The lowest BCUT2D eigenvalue weighted by atomic mass is 10.1. The van der Waals surface area contributed by atoms with Crippen LogP contribution < -0.4 is 4.72 Å². The van der Waals surface area contributed by atoms with Gasteiger partial charge in [-0.1, -0.05) is 25.5 Å². The van der Waals surface area contributed by atoms with E-state index in [2.05, 4.69) is 4.72 Å². The second-order valence-electron chi connectivity index (χ2n) is 4.74. The Bertz CT molecular complexity index is 635. The molecule has 2 N–H and O–H groups in total. The number of carboxylic acid groups (broad SMARTS) is 1. The highest BCUT2D eigenvalue weighted by Gasteiger charge is 2.20. The van der Waals surface area contributed by atoms with E-state index in [1.807, 2.05) is 13.0 Å². The lowest BCUT2D eigenvalue weighted by Gasteiger charge is -2.12. The molecule has 6 nitrogen and oxygen atoms in total. The average molecular weight is 310 g/mol. The van der Waals surface area contributed by atoms with Crippen molar-refractivity contribution in [1.29, 1.82) is 5.26 Å². The summed E-state index contributed by atoms with van der Waals surface area (Å²) in [5.41, 5.74) is 0.876. The van der Waals surface area contributed by atoms with Crippen molar-refractivity contribution in [2.75, 3.05) is 6.54 Å². The predicted molar refractivity (Wildman–Crippen MR) is 77.8 cm³/mol. The summed E-state index contributed by atoms with van der Waals surface area (Å²) in [6.07, 6.45) is 1.09. The van der Waals surface area contributed by atoms with Crippen molar-refractivity contribution in [1.82, 2.24) is 4.72 Å². The van der Waals surface area contributed by atoms with Gasteiger partial charge >= 0.3 is 5.97 Å². The van der Waals surface area contributed by atoms with Crippen LogP contribution in [0, 0.1) is 17.2 Å². The molecule has 0 saturated carbocycles. The van der Waals surface area contributed by atoms with Crippen LogP contribution in [0.1, 0.15) is 30.9 Å². The number of aliphatic carboxylic acids is 1. The number of nitrogens with one attached hydrogen (secondary N) is 1. The Balaban J connectivity index is 2.69. The molecule has 0 aliphatic rings. The first-order chi connectivity index (χ1) is 9.88. The number of rotatable bonds is 8. The lowest BCUT2D eigenvalue weighted by molar-refractivity contribution is -0.141. The van der Waals surface area contributed by atoms with Gasteiger partial charge in [0.15, 0.2) is 0 Å². The van der Waals surface area contributed by atoms with E-state index in [0.717, 1.165) is 0 Å². The smallest absolute Gasteiger partial charge is 0.307 e. The standard InChI is InChI=1S/C14H18N2O4S/c1-2-4-13(14(17)18)9-16-21(19,20)10-12-6-3-5-11(7-12)8-15/h3,5-7,13,16H,2,4,9-10H2,1H3,(H,17,18). The summed E-state index contributed by atoms with van der Waals surface area (Å²) in [6, 6.07) is 8.25. The van der Waals surface area contributed by atoms with E-state index in [-0.39, 0.29) is 12.3 Å². The van der Waals surface area contributed by atoms with E-state index in [1.165, 1.54) is 6.07 Å². The number of carbonyl (C=O) groups is 1. The minimum Gasteiger partial charge on any atom is -0.481 e. The molecule has 0 aliphatic carbocycles. The minimum absolute atomic E-state index is 0.122. The van der Waals surface area contributed by atoms with Gasteiger partial charge in [0.25, 0.3) is 0 Å². The van der Waals surface area contributed by atoms with Crippen molar-refractivity contribution >= 4 is 16.0 Å². The Labute approximate surface area is 124 Å². The van der Waals surface area contributed by atoms with Crippen LogP contribution in [0.15, 0.2) is 24.3 Å². The fourth-order valence-corrected chi connectivity index (χ4v) is 3.07. The molecule has 1 rings (SSSR count). The van der Waals surface area contributed by atoms with E-state index < -0.39 is 21.9 Å². The van der Waals surface area contributed by atoms with Gasteiger partial charge in [-0.3, -0.25) is 4.79 Å². The third-order valence-electron chi connectivity index (χ3n) is 2.95. The maximum atomic E-state index is 11.9. The molecule has 7 heteroatoms. The van der Waals surface area contributed by atoms with Crippen LogP contribution in [-0.4, -0.2) is 26.0 Å². The molecule has 21 heavy (non-hydrogen) atoms. The Morgan fingerprint density at radius 3 is 2.76 bits per heavy atom. The Morgan fingerprint density at radius 2 is 2.19 bits per heavy atom. The summed E-state index contributed by atoms with van der Waals surface area (Å²) < 4.78 is 26.2. The van der Waals surface area contributed by atoms with Gasteiger partial charge in [0.2, 0.25) is 10.0 Å². The fourth-order valence-electron chi connectivity index (χ4n) is 1.89. The van der Waals surface area contributed by atoms with Crippen LogP contribution in [0.5, 0.6) is 0 Å². The van der Waals surface area contributed by atoms with Crippen molar-refractivity contribution in [3.05, 3.63) is 35.4 Å². The summed E-state index contributed by atoms with van der Waals surface area (Å²) >= 11 is 0. The van der Waals surface area contributed by atoms with E-state index in [9.17, 15) is 13.2 Å². The summed E-state index contributed by atoms with van der Waals surface area (Å²) in [6.45, 7) is 1.72. The molecule has 0 saturated heterocycles. The SMILES string of the molecule is CCCC(CNS(=O)(=O)Cc1cccc(C#N)c1)C(=O)O. The third-order valence-corrected chi connectivity index (χ3v) is 4.27. The molecule has 1 atom stereocenters. The molecular weight excluding hydrogens is 292 g/mol. The van der Waals surface area contributed by atoms with Crippen LogP contribution in [0.3, 0.4) is 0 Å². The van der Waals surface area contributed by atoms with Crippen LogP contribution in [0.2, 0.25) is 0 Å². The van der Waals surface area contributed by atoms with E-state index in [4.69, 9.17) is 10.4 Å². The number of hydrogen-bond donors (Lipinski definition) is 2. The second-order valence-corrected chi connectivity index (χ2v) is 6.55. The highest BCUT2D eigenvalue weighted by molar-refractivity contribution is 7.88.